The number of hydrogen-bond acceptors (Lipinski definition) is 0. The van der Waals surface area contributed by atoms with E-state index in [0.29, 0.717) is 0 Å². The van der Waals surface area contributed by atoms with Gasteiger partial charge in [-0.15, -0.1) is 0 Å². The molecule has 0 saturated heterocycles. The van der Waals surface area contributed by atoms with Gasteiger partial charge in [0.1, 0.15) is 12.7 Å². The second-order valence-corrected chi connectivity index (χ2v) is 11.3. The number of rotatable bonds is 1. The van der Waals surface area contributed by atoms with Crippen molar-refractivity contribution in [3.05, 3.63) is 139 Å². The lowest BCUT2D eigenvalue weighted by atomic mass is 10.00. The molecule has 198 valence electrons. The lowest BCUT2D eigenvalue weighted by Gasteiger charge is -2.07. The Morgan fingerprint density at radius 3 is 1.55 bits per heavy atom. The lowest BCUT2D eigenvalue weighted by Crippen LogP contribution is -2.30. The van der Waals surface area contributed by atoms with E-state index in [-0.39, 0.29) is 0 Å². The highest BCUT2D eigenvalue weighted by Gasteiger charge is 2.27. The number of benzene rings is 5. The number of para-hydroxylation sites is 3. The molecule has 0 unspecified atom stereocenters. The largest absolute Gasteiger partial charge is 0.294 e. The Hall–Kier alpha value is -5.41. The zero-order chi connectivity index (χ0) is 27.9. The van der Waals surface area contributed by atoms with Gasteiger partial charge in [0, 0.05) is 33.2 Å². The fraction of sp³-hybridized carbons (Fsp3) is 0.0513. The normalized spacial score (nSPS) is 12.0. The minimum atomic E-state index is 1.19. The predicted octanol–water partition coefficient (Wildman–Crippen LogP) is 9.32. The number of aromatic nitrogens is 3. The molecule has 0 fully saturated rings. The van der Waals surface area contributed by atoms with Crippen LogP contribution in [0.1, 0.15) is 5.56 Å². The Kier molecular flexibility index (Phi) is 4.74. The van der Waals surface area contributed by atoms with Gasteiger partial charge in [-0.05, 0) is 47.5 Å². The van der Waals surface area contributed by atoms with Crippen molar-refractivity contribution < 1.29 is 4.57 Å². The Balaban J connectivity index is 1.76. The van der Waals surface area contributed by atoms with E-state index in [1.54, 1.807) is 0 Å². The van der Waals surface area contributed by atoms with Gasteiger partial charge in [-0.3, -0.25) is 8.80 Å². The van der Waals surface area contributed by atoms with Crippen LogP contribution in [-0.4, -0.2) is 8.80 Å². The van der Waals surface area contributed by atoms with Crippen LogP contribution in [0.3, 0.4) is 0 Å². The van der Waals surface area contributed by atoms with Gasteiger partial charge in [0.15, 0.2) is 6.20 Å². The molecule has 3 heteroatoms. The van der Waals surface area contributed by atoms with Crippen LogP contribution in [0, 0.1) is 6.92 Å². The summed E-state index contributed by atoms with van der Waals surface area (Å²) in [5, 5.41) is 8.77. The van der Waals surface area contributed by atoms with Crippen molar-refractivity contribution in [2.24, 2.45) is 7.05 Å². The van der Waals surface area contributed by atoms with Crippen LogP contribution >= 0.6 is 0 Å². The van der Waals surface area contributed by atoms with Crippen molar-refractivity contribution in [3.8, 4) is 11.3 Å². The van der Waals surface area contributed by atoms with Crippen molar-refractivity contribution in [2.75, 3.05) is 0 Å². The fourth-order valence-electron chi connectivity index (χ4n) is 7.27. The van der Waals surface area contributed by atoms with Gasteiger partial charge in [-0.1, -0.05) is 97.1 Å². The van der Waals surface area contributed by atoms with Crippen LogP contribution in [0.15, 0.2) is 134 Å². The summed E-state index contributed by atoms with van der Waals surface area (Å²) in [5.41, 5.74) is 9.75. The van der Waals surface area contributed by atoms with Gasteiger partial charge >= 0.3 is 0 Å². The van der Waals surface area contributed by atoms with Gasteiger partial charge < -0.3 is 0 Å². The second kappa shape index (κ2) is 8.55. The van der Waals surface area contributed by atoms with Crippen molar-refractivity contribution >= 4 is 65.4 Å². The van der Waals surface area contributed by atoms with E-state index in [1.165, 1.54) is 82.2 Å². The molecule has 0 aliphatic carbocycles. The number of nitrogens with zero attached hydrogens (tertiary/aromatic N) is 3. The first kappa shape index (κ1) is 23.3. The van der Waals surface area contributed by atoms with Crippen molar-refractivity contribution in [2.45, 2.75) is 6.92 Å². The Labute approximate surface area is 242 Å². The number of pyridine rings is 1. The van der Waals surface area contributed by atoms with E-state index in [9.17, 15) is 0 Å². The molecule has 0 spiro atoms. The molecular formula is C39H28N3+. The van der Waals surface area contributed by atoms with E-state index >= 15 is 0 Å². The molecule has 0 atom stereocenters. The smallest absolute Gasteiger partial charge is 0.222 e. The van der Waals surface area contributed by atoms with E-state index in [2.05, 4.69) is 161 Å². The molecule has 0 aliphatic heterocycles. The molecule has 3 nitrogen and oxygen atoms in total. The maximum absolute atomic E-state index is 2.51. The van der Waals surface area contributed by atoms with Crippen molar-refractivity contribution in [3.63, 3.8) is 0 Å². The molecule has 4 heterocycles. The van der Waals surface area contributed by atoms with Crippen LogP contribution in [0.2, 0.25) is 0 Å². The molecule has 0 bridgehead atoms. The molecule has 0 aliphatic rings. The van der Waals surface area contributed by atoms with E-state index in [1.807, 2.05) is 0 Å². The van der Waals surface area contributed by atoms with Gasteiger partial charge in [0.05, 0.1) is 27.5 Å². The van der Waals surface area contributed by atoms with Crippen LogP contribution in [0.5, 0.6) is 0 Å². The van der Waals surface area contributed by atoms with Crippen LogP contribution in [0.4, 0.5) is 0 Å². The van der Waals surface area contributed by atoms with Gasteiger partial charge in [-0.25, -0.2) is 4.57 Å². The molecular weight excluding hydrogens is 510 g/mol. The number of fused-ring (bicyclic) bond motifs is 13. The van der Waals surface area contributed by atoms with Crippen LogP contribution < -0.4 is 4.57 Å². The SMILES string of the molecule is Cc1ccccc1-c1c2c3c4ccccc4n4c5ccccc5c5ccccc5c5ccccc5n(c2cc[n+]1C)c34. The molecule has 42 heavy (non-hydrogen) atoms. The third-order valence-corrected chi connectivity index (χ3v) is 9.05. The average molecular weight is 539 g/mol. The minimum Gasteiger partial charge on any atom is -0.294 e. The summed E-state index contributed by atoms with van der Waals surface area (Å²) >= 11 is 0. The van der Waals surface area contributed by atoms with Crippen LogP contribution in [0.25, 0.3) is 76.7 Å². The summed E-state index contributed by atoms with van der Waals surface area (Å²) in [6, 6.07) is 46.6. The Morgan fingerprint density at radius 1 is 0.452 bits per heavy atom. The topological polar surface area (TPSA) is 12.7 Å². The Morgan fingerprint density at radius 2 is 0.929 bits per heavy atom. The van der Waals surface area contributed by atoms with E-state index < -0.39 is 0 Å². The zero-order valence-electron chi connectivity index (χ0n) is 23.5. The Bertz CT molecular complexity index is 2600. The first-order valence-corrected chi connectivity index (χ1v) is 14.5. The molecule has 0 N–H and O–H groups in total. The molecule has 9 rings (SSSR count). The summed E-state index contributed by atoms with van der Waals surface area (Å²) in [5.74, 6) is 0. The maximum Gasteiger partial charge on any atom is 0.222 e. The molecule has 0 saturated carbocycles. The fourth-order valence-corrected chi connectivity index (χ4v) is 7.27. The van der Waals surface area contributed by atoms with Crippen molar-refractivity contribution in [1.82, 2.24) is 8.80 Å². The van der Waals surface area contributed by atoms with E-state index in [4.69, 9.17) is 0 Å². The maximum atomic E-state index is 2.51. The van der Waals surface area contributed by atoms with Gasteiger partial charge in [-0.2, -0.15) is 0 Å². The first-order valence-electron chi connectivity index (χ1n) is 14.5. The van der Waals surface area contributed by atoms with Gasteiger partial charge in [0.25, 0.3) is 0 Å². The third kappa shape index (κ3) is 2.97. The summed E-state index contributed by atoms with van der Waals surface area (Å²) in [7, 11) is 2.17. The standard InChI is InChI=1S/C39H28N3/c1-25-13-3-4-14-26(25)38-37-35(23-24-40(38)2)42-33-21-11-8-18-30(33)28-16-6-5-15-27(28)29-17-7-10-20-32(29)41-34-22-12-9-19-31(34)36(37)39(41)42/h3-24H,1-2H3/q+1. The van der Waals surface area contributed by atoms with Crippen molar-refractivity contribution in [1.29, 1.82) is 0 Å². The third-order valence-electron chi connectivity index (χ3n) is 9.05. The highest BCUT2D eigenvalue weighted by Crippen LogP contribution is 2.43. The quantitative estimate of drug-likeness (QED) is 0.185. The molecule has 9 aromatic rings. The summed E-state index contributed by atoms with van der Waals surface area (Å²) < 4.78 is 7.31. The molecule has 5 aromatic carbocycles. The minimum absolute atomic E-state index is 1.19. The van der Waals surface area contributed by atoms with Crippen LogP contribution in [-0.2, 0) is 7.05 Å². The predicted molar refractivity (Wildman–Crippen MR) is 176 cm³/mol. The number of aryl methyl sites for hydroxylation is 2. The first-order chi connectivity index (χ1) is 20.7. The van der Waals surface area contributed by atoms with E-state index in [0.717, 1.165) is 0 Å². The van der Waals surface area contributed by atoms with Gasteiger partial charge in [0.2, 0.25) is 5.69 Å². The average Bonchev–Trinajstić information content (AvgIpc) is 3.55. The summed E-state index contributed by atoms with van der Waals surface area (Å²) in [6.07, 6.45) is 2.22. The highest BCUT2D eigenvalue weighted by atomic mass is 15.1. The summed E-state index contributed by atoms with van der Waals surface area (Å²) in [6.45, 7) is 2.21. The lowest BCUT2D eigenvalue weighted by molar-refractivity contribution is -0.659. The monoisotopic (exact) mass is 538 g/mol. The summed E-state index contributed by atoms with van der Waals surface area (Å²) in [4.78, 5) is 0. The molecule has 0 amide bonds. The number of hydrogen-bond donors (Lipinski definition) is 0. The highest BCUT2D eigenvalue weighted by molar-refractivity contribution is 6.26. The molecule has 4 aromatic heterocycles. The second-order valence-electron chi connectivity index (χ2n) is 11.3. The molecule has 0 radical (unpaired) electrons. The zero-order valence-corrected chi connectivity index (χ0v) is 23.5.